The van der Waals surface area contributed by atoms with Crippen LogP contribution in [0.25, 0.3) is 0 Å². The van der Waals surface area contributed by atoms with Crippen LogP contribution in [0, 0.1) is 0 Å². The van der Waals surface area contributed by atoms with E-state index in [1.165, 1.54) is 18.2 Å². The van der Waals surface area contributed by atoms with Gasteiger partial charge >= 0.3 is 12.0 Å². The molecule has 21 heavy (non-hydrogen) atoms. The molecule has 0 aliphatic carbocycles. The minimum Gasteiger partial charge on any atom is -0.478 e. The van der Waals surface area contributed by atoms with Gasteiger partial charge in [0.25, 0.3) is 0 Å². The maximum absolute atomic E-state index is 11.8. The number of rotatable bonds is 5. The molecule has 1 aromatic rings. The summed E-state index contributed by atoms with van der Waals surface area (Å²) in [5.74, 6) is -1.65. The predicted octanol–water partition coefficient (Wildman–Crippen LogP) is 1.81. The minimum atomic E-state index is -1.12. The molecule has 0 fully saturated rings. The number of hydrogen-bond donors (Lipinski definition) is 4. The van der Waals surface area contributed by atoms with Gasteiger partial charge in [-0.3, -0.25) is 4.79 Å². The number of nitrogens with one attached hydrogen (secondary N) is 2. The number of urea groups is 1. The number of carboxylic acids is 1. The van der Waals surface area contributed by atoms with E-state index in [9.17, 15) is 14.4 Å². The largest absolute Gasteiger partial charge is 0.478 e. The summed E-state index contributed by atoms with van der Waals surface area (Å²) >= 11 is 5.89. The zero-order valence-electron chi connectivity index (χ0n) is 11.6. The molecular formula is C13H16ClN3O4. The van der Waals surface area contributed by atoms with Crippen molar-refractivity contribution < 1.29 is 19.5 Å². The van der Waals surface area contributed by atoms with E-state index in [4.69, 9.17) is 22.4 Å². The van der Waals surface area contributed by atoms with Crippen LogP contribution in [0.5, 0.6) is 0 Å². The van der Waals surface area contributed by atoms with E-state index in [0.717, 1.165) is 0 Å². The predicted molar refractivity (Wildman–Crippen MR) is 78.5 cm³/mol. The lowest BCUT2D eigenvalue weighted by molar-refractivity contribution is -0.119. The number of hydrogen-bond acceptors (Lipinski definition) is 3. The second kappa shape index (κ2) is 6.45. The van der Waals surface area contributed by atoms with Crippen LogP contribution in [-0.4, -0.2) is 28.6 Å². The Morgan fingerprint density at radius 3 is 2.43 bits per heavy atom. The molecule has 1 rings (SSSR count). The SMILES string of the molecule is CC(C)(CC(N)=O)NC(=O)Nc1ccc(C(=O)O)cc1Cl. The molecule has 0 heterocycles. The van der Waals surface area contributed by atoms with Crippen molar-refractivity contribution >= 4 is 35.2 Å². The number of benzene rings is 1. The Morgan fingerprint density at radius 2 is 1.95 bits per heavy atom. The summed E-state index contributed by atoms with van der Waals surface area (Å²) in [6, 6.07) is 3.35. The Hall–Kier alpha value is -2.28. The molecule has 0 atom stereocenters. The number of carbonyl (C=O) groups excluding carboxylic acids is 2. The quantitative estimate of drug-likeness (QED) is 0.662. The van der Waals surface area contributed by atoms with Crippen LogP contribution in [0.15, 0.2) is 18.2 Å². The van der Waals surface area contributed by atoms with E-state index in [1.54, 1.807) is 13.8 Å². The van der Waals surface area contributed by atoms with E-state index >= 15 is 0 Å². The van der Waals surface area contributed by atoms with Gasteiger partial charge in [-0.1, -0.05) is 11.6 Å². The molecule has 0 bridgehead atoms. The van der Waals surface area contributed by atoms with Gasteiger partial charge in [0.15, 0.2) is 0 Å². The number of carbonyl (C=O) groups is 3. The molecule has 5 N–H and O–H groups in total. The smallest absolute Gasteiger partial charge is 0.335 e. The molecule has 0 saturated carbocycles. The highest BCUT2D eigenvalue weighted by molar-refractivity contribution is 6.34. The van der Waals surface area contributed by atoms with Crippen molar-refractivity contribution in [3.8, 4) is 0 Å². The topological polar surface area (TPSA) is 122 Å². The van der Waals surface area contributed by atoms with Crippen LogP contribution in [0.1, 0.15) is 30.6 Å². The van der Waals surface area contributed by atoms with Gasteiger partial charge in [-0.05, 0) is 32.0 Å². The first-order chi connectivity index (χ1) is 9.60. The maximum atomic E-state index is 11.8. The zero-order valence-corrected chi connectivity index (χ0v) is 12.3. The summed E-state index contributed by atoms with van der Waals surface area (Å²) < 4.78 is 0. The normalized spacial score (nSPS) is 10.8. The van der Waals surface area contributed by atoms with Crippen LogP contribution in [0.3, 0.4) is 0 Å². The van der Waals surface area contributed by atoms with E-state index in [2.05, 4.69) is 10.6 Å². The Bertz CT molecular complexity index is 587. The lowest BCUT2D eigenvalue weighted by Gasteiger charge is -2.25. The van der Waals surface area contributed by atoms with Crippen LogP contribution in [-0.2, 0) is 4.79 Å². The van der Waals surface area contributed by atoms with E-state index in [0.29, 0.717) is 0 Å². The standard InChI is InChI=1S/C13H16ClN3O4/c1-13(2,6-10(15)18)17-12(21)16-9-4-3-7(11(19)20)5-8(9)14/h3-5H,6H2,1-2H3,(H2,15,18)(H,19,20)(H2,16,17,21). The minimum absolute atomic E-state index is 0.0139. The molecule has 8 heteroatoms. The van der Waals surface area contributed by atoms with Gasteiger partial charge in [0.2, 0.25) is 5.91 Å². The third-order valence-electron chi connectivity index (χ3n) is 2.53. The van der Waals surface area contributed by atoms with Crippen LogP contribution < -0.4 is 16.4 Å². The van der Waals surface area contributed by atoms with Crippen molar-refractivity contribution in [2.45, 2.75) is 25.8 Å². The number of halogens is 1. The summed E-state index contributed by atoms with van der Waals surface area (Å²) in [7, 11) is 0. The fourth-order valence-corrected chi connectivity index (χ4v) is 1.92. The Morgan fingerprint density at radius 1 is 1.33 bits per heavy atom. The molecule has 0 saturated heterocycles. The van der Waals surface area contributed by atoms with Gasteiger partial charge in [-0.2, -0.15) is 0 Å². The number of primary amides is 1. The molecular weight excluding hydrogens is 298 g/mol. The zero-order chi connectivity index (χ0) is 16.2. The number of nitrogens with two attached hydrogens (primary N) is 1. The highest BCUT2D eigenvalue weighted by Gasteiger charge is 2.23. The maximum Gasteiger partial charge on any atom is 0.335 e. The van der Waals surface area contributed by atoms with Gasteiger partial charge in [0.05, 0.1) is 16.3 Å². The van der Waals surface area contributed by atoms with Gasteiger partial charge in [-0.15, -0.1) is 0 Å². The van der Waals surface area contributed by atoms with E-state index in [1.807, 2.05) is 0 Å². The summed E-state index contributed by atoms with van der Waals surface area (Å²) in [5, 5.41) is 14.0. The molecule has 0 unspecified atom stereocenters. The van der Waals surface area contributed by atoms with Crippen molar-refractivity contribution in [3.05, 3.63) is 28.8 Å². The molecule has 0 aromatic heterocycles. The van der Waals surface area contributed by atoms with Crippen LogP contribution >= 0.6 is 11.6 Å². The molecule has 0 spiro atoms. The first-order valence-electron chi connectivity index (χ1n) is 6.01. The van der Waals surface area contributed by atoms with Gasteiger partial charge in [0.1, 0.15) is 0 Å². The Balaban J connectivity index is 2.75. The highest BCUT2D eigenvalue weighted by atomic mass is 35.5. The van der Waals surface area contributed by atoms with Crippen molar-refractivity contribution in [1.82, 2.24) is 5.32 Å². The Kier molecular flexibility index (Phi) is 5.15. The lowest BCUT2D eigenvalue weighted by atomic mass is 10.0. The number of amides is 3. The van der Waals surface area contributed by atoms with Gasteiger partial charge in [-0.25, -0.2) is 9.59 Å². The van der Waals surface area contributed by atoms with E-state index in [-0.39, 0.29) is 22.7 Å². The first kappa shape index (κ1) is 16.8. The van der Waals surface area contributed by atoms with Crippen molar-refractivity contribution in [3.63, 3.8) is 0 Å². The van der Waals surface area contributed by atoms with E-state index < -0.39 is 23.4 Å². The number of aromatic carboxylic acids is 1. The van der Waals surface area contributed by atoms with Crippen molar-refractivity contribution in [1.29, 1.82) is 0 Å². The fourth-order valence-electron chi connectivity index (χ4n) is 1.69. The third-order valence-corrected chi connectivity index (χ3v) is 2.85. The van der Waals surface area contributed by atoms with Crippen molar-refractivity contribution in [2.75, 3.05) is 5.32 Å². The molecule has 114 valence electrons. The number of anilines is 1. The highest BCUT2D eigenvalue weighted by Crippen LogP contribution is 2.23. The molecule has 3 amide bonds. The second-order valence-electron chi connectivity index (χ2n) is 5.11. The monoisotopic (exact) mass is 313 g/mol. The first-order valence-corrected chi connectivity index (χ1v) is 6.39. The van der Waals surface area contributed by atoms with Gasteiger partial charge in [0, 0.05) is 12.0 Å². The molecule has 0 aliphatic rings. The molecule has 0 aliphatic heterocycles. The molecule has 0 radical (unpaired) electrons. The molecule has 7 nitrogen and oxygen atoms in total. The van der Waals surface area contributed by atoms with Crippen LogP contribution in [0.4, 0.5) is 10.5 Å². The number of carboxylic acid groups (broad SMARTS) is 1. The Labute approximate surface area is 126 Å². The second-order valence-corrected chi connectivity index (χ2v) is 5.51. The van der Waals surface area contributed by atoms with Crippen LogP contribution in [0.2, 0.25) is 5.02 Å². The average molecular weight is 314 g/mol. The lowest BCUT2D eigenvalue weighted by Crippen LogP contribution is -2.47. The van der Waals surface area contributed by atoms with Crippen molar-refractivity contribution in [2.24, 2.45) is 5.73 Å². The fraction of sp³-hybridized carbons (Fsp3) is 0.308. The average Bonchev–Trinajstić information content (AvgIpc) is 2.28. The summed E-state index contributed by atoms with van der Waals surface area (Å²) in [5.41, 5.74) is 4.54. The molecule has 1 aromatic carbocycles. The third kappa shape index (κ3) is 5.31. The van der Waals surface area contributed by atoms with Gasteiger partial charge < -0.3 is 21.5 Å². The summed E-state index contributed by atoms with van der Waals surface area (Å²) in [4.78, 5) is 33.5. The summed E-state index contributed by atoms with van der Waals surface area (Å²) in [6.07, 6.45) is -0.0217. The summed E-state index contributed by atoms with van der Waals surface area (Å²) in [6.45, 7) is 3.29.